The first-order chi connectivity index (χ1) is 11.1. The van der Waals surface area contributed by atoms with Crippen LogP contribution in [0.2, 0.25) is 0 Å². The lowest BCUT2D eigenvalue weighted by molar-refractivity contribution is -0.113. The summed E-state index contributed by atoms with van der Waals surface area (Å²) in [5, 5.41) is 2.73. The van der Waals surface area contributed by atoms with E-state index in [1.807, 2.05) is 24.3 Å². The molecule has 0 unspecified atom stereocenters. The molecule has 0 aliphatic heterocycles. The third-order valence-electron chi connectivity index (χ3n) is 2.79. The Balaban J connectivity index is 1.81. The Kier molecular flexibility index (Phi) is 6.73. The van der Waals surface area contributed by atoms with Crippen LogP contribution in [0.1, 0.15) is 0 Å². The van der Waals surface area contributed by atoms with Gasteiger partial charge in [-0.25, -0.2) is 0 Å². The van der Waals surface area contributed by atoms with Crippen LogP contribution >= 0.6 is 23.5 Å². The van der Waals surface area contributed by atoms with E-state index < -0.39 is 5.76 Å². The van der Waals surface area contributed by atoms with Crippen LogP contribution in [0.3, 0.4) is 0 Å². The van der Waals surface area contributed by atoms with Crippen molar-refractivity contribution in [2.75, 3.05) is 18.2 Å². The van der Waals surface area contributed by atoms with E-state index in [-0.39, 0.29) is 11.7 Å². The van der Waals surface area contributed by atoms with Crippen molar-refractivity contribution in [1.82, 2.24) is 0 Å². The molecule has 0 heterocycles. The van der Waals surface area contributed by atoms with E-state index in [2.05, 4.69) is 5.32 Å². The third-order valence-corrected chi connectivity index (χ3v) is 4.53. The van der Waals surface area contributed by atoms with Crippen molar-refractivity contribution in [3.05, 3.63) is 48.5 Å². The van der Waals surface area contributed by atoms with Crippen molar-refractivity contribution >= 4 is 35.1 Å². The quantitative estimate of drug-likeness (QED) is 0.728. The second-order valence-electron chi connectivity index (χ2n) is 4.42. The van der Waals surface area contributed by atoms with Gasteiger partial charge in [0, 0.05) is 15.5 Å². The van der Waals surface area contributed by atoms with E-state index in [9.17, 15) is 13.6 Å². The van der Waals surface area contributed by atoms with Crippen LogP contribution in [0.15, 0.2) is 58.3 Å². The van der Waals surface area contributed by atoms with Gasteiger partial charge in [0.25, 0.3) is 5.76 Å². The summed E-state index contributed by atoms with van der Waals surface area (Å²) in [7, 11) is 1.60. The number of hydrogen-bond acceptors (Lipinski definition) is 4. The van der Waals surface area contributed by atoms with Gasteiger partial charge in [-0.15, -0.1) is 11.8 Å². The van der Waals surface area contributed by atoms with E-state index in [1.54, 1.807) is 31.4 Å². The number of halogens is 2. The van der Waals surface area contributed by atoms with Crippen molar-refractivity contribution in [3.63, 3.8) is 0 Å². The molecule has 1 amide bonds. The predicted molar refractivity (Wildman–Crippen MR) is 90.7 cm³/mol. The molecule has 0 aromatic heterocycles. The number of ether oxygens (including phenoxy) is 1. The van der Waals surface area contributed by atoms with Crippen LogP contribution in [0, 0.1) is 0 Å². The summed E-state index contributed by atoms with van der Waals surface area (Å²) in [6, 6.07) is 13.8. The van der Waals surface area contributed by atoms with Gasteiger partial charge in [-0.2, -0.15) is 8.78 Å². The lowest BCUT2D eigenvalue weighted by Crippen LogP contribution is -2.13. The highest BCUT2D eigenvalue weighted by Gasteiger charge is 2.07. The van der Waals surface area contributed by atoms with Crippen molar-refractivity contribution in [2.45, 2.75) is 15.5 Å². The van der Waals surface area contributed by atoms with E-state index in [0.717, 1.165) is 10.6 Å². The van der Waals surface area contributed by atoms with E-state index in [0.29, 0.717) is 22.3 Å². The topological polar surface area (TPSA) is 38.3 Å². The van der Waals surface area contributed by atoms with Crippen molar-refractivity contribution in [2.24, 2.45) is 0 Å². The number of amides is 1. The molecule has 0 aliphatic carbocycles. The summed E-state index contributed by atoms with van der Waals surface area (Å²) < 4.78 is 29.5. The van der Waals surface area contributed by atoms with Crippen molar-refractivity contribution < 1.29 is 18.3 Å². The fourth-order valence-corrected chi connectivity index (χ4v) is 2.94. The lowest BCUT2D eigenvalue weighted by Gasteiger charge is -2.07. The standard InChI is InChI=1S/C16H15F2NO2S2/c1-21-12-4-8-13(9-5-12)22-10-15(20)19-11-2-6-14(7-3-11)23-16(17)18/h2-9,16H,10H2,1H3,(H,19,20). The summed E-state index contributed by atoms with van der Waals surface area (Å²) in [6.07, 6.45) is 0. The Morgan fingerprint density at radius 3 is 2.26 bits per heavy atom. The molecule has 2 rings (SSSR count). The highest BCUT2D eigenvalue weighted by Crippen LogP contribution is 2.26. The average molecular weight is 355 g/mol. The Hall–Kier alpha value is -1.73. The first-order valence-corrected chi connectivity index (χ1v) is 8.55. The fraction of sp³-hybridized carbons (Fsp3) is 0.188. The molecule has 122 valence electrons. The number of nitrogens with one attached hydrogen (secondary N) is 1. The molecule has 0 bridgehead atoms. The number of alkyl halides is 2. The Labute approximate surface area is 141 Å². The highest BCUT2D eigenvalue weighted by molar-refractivity contribution is 8.00. The molecule has 2 aromatic rings. The maximum absolute atomic E-state index is 12.2. The molecule has 1 N–H and O–H groups in total. The maximum atomic E-state index is 12.2. The Morgan fingerprint density at radius 2 is 1.70 bits per heavy atom. The number of thioether (sulfide) groups is 2. The second kappa shape index (κ2) is 8.79. The molecule has 2 aromatic carbocycles. The molecule has 23 heavy (non-hydrogen) atoms. The largest absolute Gasteiger partial charge is 0.497 e. The van der Waals surface area contributed by atoms with Gasteiger partial charge >= 0.3 is 0 Å². The van der Waals surface area contributed by atoms with Crippen LogP contribution in [-0.2, 0) is 4.79 Å². The summed E-state index contributed by atoms with van der Waals surface area (Å²) in [5.41, 5.74) is 0.587. The van der Waals surface area contributed by atoms with Crippen LogP contribution in [0.4, 0.5) is 14.5 Å². The fourth-order valence-electron chi connectivity index (χ4n) is 1.74. The van der Waals surface area contributed by atoms with Crippen LogP contribution < -0.4 is 10.1 Å². The first-order valence-electron chi connectivity index (χ1n) is 6.68. The Bertz CT molecular complexity index is 634. The minimum atomic E-state index is -2.45. The minimum absolute atomic E-state index is 0.153. The second-order valence-corrected chi connectivity index (χ2v) is 6.53. The van der Waals surface area contributed by atoms with Crippen LogP contribution in [0.5, 0.6) is 5.75 Å². The molecular weight excluding hydrogens is 340 g/mol. The average Bonchev–Trinajstić information content (AvgIpc) is 2.55. The van der Waals surface area contributed by atoms with E-state index in [4.69, 9.17) is 4.74 Å². The smallest absolute Gasteiger partial charge is 0.288 e. The molecule has 0 fully saturated rings. The number of rotatable bonds is 7. The zero-order valence-electron chi connectivity index (χ0n) is 12.3. The number of benzene rings is 2. The number of hydrogen-bond donors (Lipinski definition) is 1. The van der Waals surface area contributed by atoms with Gasteiger partial charge in [0.15, 0.2) is 0 Å². The molecule has 0 spiro atoms. The SMILES string of the molecule is COc1ccc(SCC(=O)Nc2ccc(SC(F)F)cc2)cc1. The minimum Gasteiger partial charge on any atom is -0.497 e. The number of carbonyl (C=O) groups excluding carboxylic acids is 1. The number of anilines is 1. The zero-order valence-corrected chi connectivity index (χ0v) is 13.9. The highest BCUT2D eigenvalue weighted by atomic mass is 32.2. The Morgan fingerprint density at radius 1 is 1.09 bits per heavy atom. The summed E-state index contributed by atoms with van der Waals surface area (Å²) >= 11 is 1.88. The van der Waals surface area contributed by atoms with Gasteiger partial charge < -0.3 is 10.1 Å². The number of carbonyl (C=O) groups is 1. The number of methoxy groups -OCH3 is 1. The zero-order chi connectivity index (χ0) is 16.7. The maximum Gasteiger partial charge on any atom is 0.288 e. The molecule has 0 saturated carbocycles. The van der Waals surface area contributed by atoms with Gasteiger partial charge in [-0.3, -0.25) is 4.79 Å². The van der Waals surface area contributed by atoms with Gasteiger partial charge in [0.2, 0.25) is 5.91 Å². The molecule has 7 heteroatoms. The molecule has 0 atom stereocenters. The van der Waals surface area contributed by atoms with Gasteiger partial charge in [0.05, 0.1) is 12.9 Å². The van der Waals surface area contributed by atoms with E-state index >= 15 is 0 Å². The summed E-state index contributed by atoms with van der Waals surface area (Å²) in [4.78, 5) is 13.3. The van der Waals surface area contributed by atoms with Gasteiger partial charge in [0.1, 0.15) is 5.75 Å². The lowest BCUT2D eigenvalue weighted by atomic mass is 10.3. The monoisotopic (exact) mass is 355 g/mol. The third kappa shape index (κ3) is 6.11. The van der Waals surface area contributed by atoms with Crippen LogP contribution in [-0.4, -0.2) is 24.5 Å². The van der Waals surface area contributed by atoms with Gasteiger partial charge in [-0.1, -0.05) is 11.8 Å². The van der Waals surface area contributed by atoms with Crippen molar-refractivity contribution in [1.29, 1.82) is 0 Å². The normalized spacial score (nSPS) is 10.6. The predicted octanol–water partition coefficient (Wildman–Crippen LogP) is 4.74. The molecular formula is C16H15F2NO2S2. The van der Waals surface area contributed by atoms with Crippen molar-refractivity contribution in [3.8, 4) is 5.75 Å². The molecule has 3 nitrogen and oxygen atoms in total. The summed E-state index contributed by atoms with van der Waals surface area (Å²) in [5.74, 6) is -1.57. The molecule has 0 saturated heterocycles. The first kappa shape index (κ1) is 17.6. The van der Waals surface area contributed by atoms with Crippen LogP contribution in [0.25, 0.3) is 0 Å². The van der Waals surface area contributed by atoms with E-state index in [1.165, 1.54) is 11.8 Å². The van der Waals surface area contributed by atoms with Gasteiger partial charge in [-0.05, 0) is 48.5 Å². The molecule has 0 radical (unpaired) electrons. The summed E-state index contributed by atoms with van der Waals surface area (Å²) in [6.45, 7) is 0. The molecule has 0 aliphatic rings.